The van der Waals surface area contributed by atoms with Crippen molar-refractivity contribution in [2.45, 2.75) is 25.2 Å². The van der Waals surface area contributed by atoms with Crippen LogP contribution < -0.4 is 29.6 Å². The smallest absolute Gasteiger partial charge is 0.257 e. The van der Waals surface area contributed by atoms with Gasteiger partial charge >= 0.3 is 0 Å². The number of hydrogen-bond acceptors (Lipinski definition) is 8. The molecule has 1 aromatic heterocycles. The number of anilines is 2. The standard InChI is InChI=1S/C24H23N3O6S/c1-30-14-7-8-16(18(11-14)31-2)25-23(29)15-4-3-5-20-21(15)26-24(34-20)27-22(28)13-6-9-17-19(10-13)33-12-32-17/h6-11,15H,3-5,12H2,1-2H3,(H,25,29)(H,26,27,28). The summed E-state index contributed by atoms with van der Waals surface area (Å²) in [5.41, 5.74) is 1.72. The Hall–Kier alpha value is -3.79. The molecular weight excluding hydrogens is 458 g/mol. The molecule has 0 saturated heterocycles. The number of hydrogen-bond donors (Lipinski definition) is 2. The van der Waals surface area contributed by atoms with Crippen LogP contribution in [-0.2, 0) is 11.2 Å². The number of carbonyl (C=O) groups excluding carboxylic acids is 2. The van der Waals surface area contributed by atoms with Crippen molar-refractivity contribution >= 4 is 34.0 Å². The van der Waals surface area contributed by atoms with Gasteiger partial charge in [-0.3, -0.25) is 14.9 Å². The van der Waals surface area contributed by atoms with Crippen LogP contribution in [0.5, 0.6) is 23.0 Å². The summed E-state index contributed by atoms with van der Waals surface area (Å²) in [7, 11) is 3.11. The highest BCUT2D eigenvalue weighted by Gasteiger charge is 2.31. The number of rotatable bonds is 6. The first-order chi connectivity index (χ1) is 16.6. The van der Waals surface area contributed by atoms with E-state index in [4.69, 9.17) is 18.9 Å². The fourth-order valence-corrected chi connectivity index (χ4v) is 5.12. The van der Waals surface area contributed by atoms with Crippen molar-refractivity contribution in [3.05, 3.63) is 52.5 Å². The van der Waals surface area contributed by atoms with Crippen LogP contribution in [-0.4, -0.2) is 37.8 Å². The fourth-order valence-electron chi connectivity index (χ4n) is 4.06. The van der Waals surface area contributed by atoms with Crippen LogP contribution in [0.1, 0.15) is 39.7 Å². The average Bonchev–Trinajstić information content (AvgIpc) is 3.49. The topological polar surface area (TPSA) is 108 Å². The first-order valence-electron chi connectivity index (χ1n) is 10.8. The molecule has 0 bridgehead atoms. The van der Waals surface area contributed by atoms with Gasteiger partial charge in [0.25, 0.3) is 5.91 Å². The summed E-state index contributed by atoms with van der Waals surface area (Å²) in [4.78, 5) is 31.6. The summed E-state index contributed by atoms with van der Waals surface area (Å²) < 4.78 is 21.3. The summed E-state index contributed by atoms with van der Waals surface area (Å²) >= 11 is 1.40. The molecule has 0 fully saturated rings. The van der Waals surface area contributed by atoms with Crippen LogP contribution in [0, 0.1) is 0 Å². The monoisotopic (exact) mass is 481 g/mol. The molecule has 3 aromatic rings. The van der Waals surface area contributed by atoms with Crippen molar-refractivity contribution in [1.29, 1.82) is 0 Å². The largest absolute Gasteiger partial charge is 0.497 e. The van der Waals surface area contributed by atoms with E-state index in [9.17, 15) is 9.59 Å². The number of carbonyl (C=O) groups is 2. The van der Waals surface area contributed by atoms with Crippen LogP contribution >= 0.6 is 11.3 Å². The molecular formula is C24H23N3O6S. The average molecular weight is 482 g/mol. The number of thiazole rings is 1. The zero-order valence-electron chi connectivity index (χ0n) is 18.7. The maximum absolute atomic E-state index is 13.2. The molecule has 9 nitrogen and oxygen atoms in total. The minimum absolute atomic E-state index is 0.144. The molecule has 2 N–H and O–H groups in total. The highest BCUT2D eigenvalue weighted by Crippen LogP contribution is 2.39. The number of aryl methyl sites for hydroxylation is 1. The number of ether oxygens (including phenoxy) is 4. The number of aromatic nitrogens is 1. The summed E-state index contributed by atoms with van der Waals surface area (Å²) in [6.45, 7) is 0.144. The van der Waals surface area contributed by atoms with Gasteiger partial charge in [0.2, 0.25) is 12.7 Å². The predicted octanol–water partition coefficient (Wildman–Crippen LogP) is 4.20. The number of nitrogens with one attached hydrogen (secondary N) is 2. The van der Waals surface area contributed by atoms with Gasteiger partial charge in [0.15, 0.2) is 16.6 Å². The minimum atomic E-state index is -0.414. The van der Waals surface area contributed by atoms with Crippen LogP contribution in [0.25, 0.3) is 0 Å². The lowest BCUT2D eigenvalue weighted by atomic mass is 9.90. The lowest BCUT2D eigenvalue weighted by molar-refractivity contribution is -0.118. The van der Waals surface area contributed by atoms with Crippen LogP contribution in [0.2, 0.25) is 0 Å². The molecule has 1 unspecified atom stereocenters. The van der Waals surface area contributed by atoms with E-state index in [2.05, 4.69) is 15.6 Å². The van der Waals surface area contributed by atoms with Crippen LogP contribution in [0.3, 0.4) is 0 Å². The van der Waals surface area contributed by atoms with Crippen LogP contribution in [0.15, 0.2) is 36.4 Å². The quantitative estimate of drug-likeness (QED) is 0.543. The maximum Gasteiger partial charge on any atom is 0.257 e. The van der Waals surface area contributed by atoms with E-state index < -0.39 is 5.92 Å². The fraction of sp³-hybridized carbons (Fsp3) is 0.292. The lowest BCUT2D eigenvalue weighted by Gasteiger charge is -2.21. The van der Waals surface area contributed by atoms with Gasteiger partial charge in [-0.25, -0.2) is 4.98 Å². The Kier molecular flexibility index (Phi) is 5.97. The lowest BCUT2D eigenvalue weighted by Crippen LogP contribution is -2.25. The molecule has 1 atom stereocenters. The second-order valence-electron chi connectivity index (χ2n) is 7.85. The van der Waals surface area contributed by atoms with E-state index in [1.54, 1.807) is 50.6 Å². The van der Waals surface area contributed by atoms with Crippen LogP contribution in [0.4, 0.5) is 10.8 Å². The van der Waals surface area contributed by atoms with E-state index in [-0.39, 0.29) is 18.6 Å². The first-order valence-corrected chi connectivity index (χ1v) is 11.6. The molecule has 10 heteroatoms. The predicted molar refractivity (Wildman–Crippen MR) is 126 cm³/mol. The maximum atomic E-state index is 13.2. The molecule has 5 rings (SSSR count). The Morgan fingerprint density at radius 3 is 2.74 bits per heavy atom. The third-order valence-electron chi connectivity index (χ3n) is 5.79. The van der Waals surface area contributed by atoms with E-state index in [0.717, 1.165) is 17.7 Å². The Morgan fingerprint density at radius 1 is 1.06 bits per heavy atom. The van der Waals surface area contributed by atoms with E-state index in [1.165, 1.54) is 11.3 Å². The molecule has 34 heavy (non-hydrogen) atoms. The first kappa shape index (κ1) is 22.0. The Morgan fingerprint density at radius 2 is 1.91 bits per heavy atom. The normalized spacial score (nSPS) is 15.9. The van der Waals surface area contributed by atoms with Gasteiger partial charge in [-0.2, -0.15) is 0 Å². The van der Waals surface area contributed by atoms with Gasteiger partial charge in [0.05, 0.1) is 31.5 Å². The molecule has 2 amide bonds. The molecule has 2 aromatic carbocycles. The molecule has 176 valence electrons. The van der Waals surface area contributed by atoms with E-state index in [0.29, 0.717) is 51.5 Å². The molecule has 1 aliphatic carbocycles. The van der Waals surface area contributed by atoms with Gasteiger partial charge in [-0.05, 0) is 49.6 Å². The molecule has 0 saturated carbocycles. The second kappa shape index (κ2) is 9.22. The van der Waals surface area contributed by atoms with Gasteiger partial charge < -0.3 is 24.3 Å². The van der Waals surface area contributed by atoms with Gasteiger partial charge in [-0.1, -0.05) is 0 Å². The van der Waals surface area contributed by atoms with Crippen molar-refractivity contribution < 1.29 is 28.5 Å². The molecule has 2 heterocycles. The molecule has 2 aliphatic rings. The van der Waals surface area contributed by atoms with Crippen molar-refractivity contribution in [3.63, 3.8) is 0 Å². The third kappa shape index (κ3) is 4.24. The number of benzene rings is 2. The third-order valence-corrected chi connectivity index (χ3v) is 6.84. The Balaban J connectivity index is 1.32. The summed E-state index contributed by atoms with van der Waals surface area (Å²) in [5.74, 6) is 1.43. The van der Waals surface area contributed by atoms with Gasteiger partial charge in [0.1, 0.15) is 11.5 Å². The number of amides is 2. The second-order valence-corrected chi connectivity index (χ2v) is 8.93. The minimum Gasteiger partial charge on any atom is -0.497 e. The van der Waals surface area contributed by atoms with Crippen molar-refractivity contribution in [1.82, 2.24) is 4.98 Å². The molecule has 1 aliphatic heterocycles. The van der Waals surface area contributed by atoms with Crippen molar-refractivity contribution in [2.75, 3.05) is 31.6 Å². The van der Waals surface area contributed by atoms with E-state index >= 15 is 0 Å². The zero-order valence-corrected chi connectivity index (χ0v) is 19.5. The Labute approximate surface area is 200 Å². The molecule has 0 spiro atoms. The summed E-state index contributed by atoms with van der Waals surface area (Å²) in [5, 5.41) is 6.28. The highest BCUT2D eigenvalue weighted by molar-refractivity contribution is 7.16. The summed E-state index contributed by atoms with van der Waals surface area (Å²) in [6.07, 6.45) is 2.36. The SMILES string of the molecule is COc1ccc(NC(=O)C2CCCc3sc(NC(=O)c4ccc5c(c4)OCO5)nc32)c(OC)c1. The highest BCUT2D eigenvalue weighted by atomic mass is 32.1. The number of nitrogens with zero attached hydrogens (tertiary/aromatic N) is 1. The zero-order chi connectivity index (χ0) is 23.7. The Bertz CT molecular complexity index is 1260. The van der Waals surface area contributed by atoms with Crippen molar-refractivity contribution in [3.8, 4) is 23.0 Å². The van der Waals surface area contributed by atoms with Crippen molar-refractivity contribution in [2.24, 2.45) is 0 Å². The van der Waals surface area contributed by atoms with Gasteiger partial charge in [-0.15, -0.1) is 11.3 Å². The summed E-state index contributed by atoms with van der Waals surface area (Å²) in [6, 6.07) is 10.2. The number of fused-ring (bicyclic) bond motifs is 2. The van der Waals surface area contributed by atoms with Gasteiger partial charge in [0, 0.05) is 16.5 Å². The molecule has 0 radical (unpaired) electrons. The van der Waals surface area contributed by atoms with E-state index in [1.807, 2.05) is 0 Å². The number of methoxy groups -OCH3 is 2.